The molecule has 2 unspecified atom stereocenters. The van der Waals surface area contributed by atoms with E-state index in [0.29, 0.717) is 18.8 Å². The molecule has 25 heavy (non-hydrogen) atoms. The van der Waals surface area contributed by atoms with E-state index >= 15 is 0 Å². The molecular weight excluding hydrogens is 319 g/mol. The largest absolute Gasteiger partial charge is 0.481 e. The molecule has 5 heteroatoms. The van der Waals surface area contributed by atoms with Gasteiger partial charge >= 0.3 is 0 Å². The highest BCUT2D eigenvalue weighted by atomic mass is 19.1. The summed E-state index contributed by atoms with van der Waals surface area (Å²) < 4.78 is 19.4. The van der Waals surface area contributed by atoms with Gasteiger partial charge in [0.1, 0.15) is 11.6 Å². The van der Waals surface area contributed by atoms with Crippen LogP contribution in [0.15, 0.2) is 48.5 Å². The molecule has 1 heterocycles. The highest BCUT2D eigenvalue weighted by molar-refractivity contribution is 5.81. The number of rotatable bonds is 4. The summed E-state index contributed by atoms with van der Waals surface area (Å²) in [6.45, 7) is 5.65. The van der Waals surface area contributed by atoms with Crippen molar-refractivity contribution in [2.75, 3.05) is 19.6 Å². The van der Waals surface area contributed by atoms with Gasteiger partial charge in [0.25, 0.3) is 5.91 Å². The van der Waals surface area contributed by atoms with Crippen molar-refractivity contribution >= 4 is 5.91 Å². The molecule has 0 aliphatic carbocycles. The van der Waals surface area contributed by atoms with E-state index in [1.165, 1.54) is 12.1 Å². The summed E-state index contributed by atoms with van der Waals surface area (Å²) in [4.78, 5) is 14.7. The molecule has 0 saturated carbocycles. The van der Waals surface area contributed by atoms with Gasteiger partial charge < -0.3 is 15.0 Å². The Morgan fingerprint density at radius 2 is 2.04 bits per heavy atom. The summed E-state index contributed by atoms with van der Waals surface area (Å²) in [6, 6.07) is 13.9. The smallest absolute Gasteiger partial charge is 0.263 e. The molecule has 4 nitrogen and oxygen atoms in total. The Hall–Kier alpha value is -2.40. The lowest BCUT2D eigenvalue weighted by atomic mass is 10.0. The van der Waals surface area contributed by atoms with E-state index in [-0.39, 0.29) is 17.8 Å². The summed E-state index contributed by atoms with van der Waals surface area (Å²) in [7, 11) is 0. The third kappa shape index (κ3) is 4.17. The minimum Gasteiger partial charge on any atom is -0.481 e. The highest BCUT2D eigenvalue weighted by Gasteiger charge is 2.31. The van der Waals surface area contributed by atoms with Gasteiger partial charge in [-0.25, -0.2) is 4.39 Å². The van der Waals surface area contributed by atoms with Crippen LogP contribution >= 0.6 is 0 Å². The Morgan fingerprint density at radius 3 is 2.76 bits per heavy atom. The van der Waals surface area contributed by atoms with E-state index in [9.17, 15) is 9.18 Å². The van der Waals surface area contributed by atoms with Crippen LogP contribution in [0.25, 0.3) is 0 Å². The summed E-state index contributed by atoms with van der Waals surface area (Å²) in [6.07, 6.45) is -0.600. The van der Waals surface area contributed by atoms with Gasteiger partial charge in [0.05, 0.1) is 6.04 Å². The molecule has 1 N–H and O–H groups in total. The number of nitrogens with zero attached hydrogens (tertiary/aromatic N) is 1. The number of nitrogens with one attached hydrogen (secondary N) is 1. The van der Waals surface area contributed by atoms with E-state index in [0.717, 1.165) is 17.7 Å². The van der Waals surface area contributed by atoms with Crippen molar-refractivity contribution in [2.24, 2.45) is 0 Å². The quantitative estimate of drug-likeness (QED) is 0.928. The molecule has 2 aromatic rings. The average molecular weight is 342 g/mol. The molecule has 1 fully saturated rings. The van der Waals surface area contributed by atoms with Crippen molar-refractivity contribution in [1.82, 2.24) is 10.2 Å². The molecule has 0 aromatic heterocycles. The zero-order valence-electron chi connectivity index (χ0n) is 14.5. The van der Waals surface area contributed by atoms with Crippen LogP contribution in [0.3, 0.4) is 0 Å². The Labute approximate surface area is 147 Å². The van der Waals surface area contributed by atoms with Crippen LogP contribution in [0, 0.1) is 12.7 Å². The zero-order valence-corrected chi connectivity index (χ0v) is 14.5. The maximum absolute atomic E-state index is 13.6. The van der Waals surface area contributed by atoms with Gasteiger partial charge in [-0.05, 0) is 43.7 Å². The topological polar surface area (TPSA) is 41.6 Å². The minimum absolute atomic E-state index is 0.0867. The SMILES string of the molecule is Cc1ccc(OC(C)C(=O)N2CCNCC2c2cccc(F)c2)cc1. The molecule has 1 saturated heterocycles. The Balaban J connectivity index is 1.74. The third-order valence-electron chi connectivity index (χ3n) is 4.44. The molecule has 0 radical (unpaired) electrons. The number of hydrogen-bond acceptors (Lipinski definition) is 3. The second kappa shape index (κ2) is 7.66. The number of halogens is 1. The first-order valence-corrected chi connectivity index (χ1v) is 8.54. The van der Waals surface area contributed by atoms with Crippen LogP contribution in [-0.4, -0.2) is 36.5 Å². The number of aryl methyl sites for hydroxylation is 1. The fourth-order valence-electron chi connectivity index (χ4n) is 3.08. The van der Waals surface area contributed by atoms with Gasteiger partial charge in [-0.3, -0.25) is 4.79 Å². The first kappa shape index (κ1) is 17.4. The van der Waals surface area contributed by atoms with E-state index in [1.807, 2.05) is 37.3 Å². The number of carbonyl (C=O) groups excluding carboxylic acids is 1. The number of piperazine rings is 1. The number of amides is 1. The molecule has 0 bridgehead atoms. The van der Waals surface area contributed by atoms with Gasteiger partial charge in [-0.2, -0.15) is 0 Å². The predicted octanol–water partition coefficient (Wildman–Crippen LogP) is 3.07. The average Bonchev–Trinajstić information content (AvgIpc) is 2.63. The van der Waals surface area contributed by atoms with Crippen LogP contribution in [0.5, 0.6) is 5.75 Å². The van der Waals surface area contributed by atoms with Gasteiger partial charge in [0, 0.05) is 19.6 Å². The van der Waals surface area contributed by atoms with E-state index in [1.54, 1.807) is 17.9 Å². The maximum atomic E-state index is 13.6. The fraction of sp³-hybridized carbons (Fsp3) is 0.350. The van der Waals surface area contributed by atoms with Gasteiger partial charge in [-0.1, -0.05) is 29.8 Å². The van der Waals surface area contributed by atoms with Crippen molar-refractivity contribution in [1.29, 1.82) is 0 Å². The van der Waals surface area contributed by atoms with Crippen molar-refractivity contribution in [3.8, 4) is 5.75 Å². The Bertz CT molecular complexity index is 733. The summed E-state index contributed by atoms with van der Waals surface area (Å²) in [5.41, 5.74) is 1.93. The predicted molar refractivity (Wildman–Crippen MR) is 95.0 cm³/mol. The highest BCUT2D eigenvalue weighted by Crippen LogP contribution is 2.24. The minimum atomic E-state index is -0.600. The fourth-order valence-corrected chi connectivity index (χ4v) is 3.08. The lowest BCUT2D eigenvalue weighted by molar-refractivity contribution is -0.141. The number of ether oxygens (including phenoxy) is 1. The molecule has 3 rings (SSSR count). The Morgan fingerprint density at radius 1 is 1.28 bits per heavy atom. The number of carbonyl (C=O) groups is 1. The molecule has 2 aromatic carbocycles. The van der Waals surface area contributed by atoms with E-state index in [4.69, 9.17) is 4.74 Å². The second-order valence-electron chi connectivity index (χ2n) is 6.38. The van der Waals surface area contributed by atoms with Crippen LogP contribution in [0.1, 0.15) is 24.1 Å². The molecule has 1 aliphatic heterocycles. The van der Waals surface area contributed by atoms with Crippen LogP contribution in [0.4, 0.5) is 4.39 Å². The van der Waals surface area contributed by atoms with Crippen molar-refractivity contribution in [2.45, 2.75) is 26.0 Å². The zero-order chi connectivity index (χ0) is 17.8. The monoisotopic (exact) mass is 342 g/mol. The summed E-state index contributed by atoms with van der Waals surface area (Å²) in [5, 5.41) is 3.28. The lowest BCUT2D eigenvalue weighted by Crippen LogP contribution is -2.52. The molecule has 1 amide bonds. The molecular formula is C20H23FN2O2. The van der Waals surface area contributed by atoms with Gasteiger partial charge in [0.2, 0.25) is 0 Å². The van der Waals surface area contributed by atoms with Gasteiger partial charge in [0.15, 0.2) is 6.10 Å². The van der Waals surface area contributed by atoms with E-state index < -0.39 is 6.10 Å². The lowest BCUT2D eigenvalue weighted by Gasteiger charge is -2.38. The van der Waals surface area contributed by atoms with Crippen molar-refractivity contribution in [3.05, 3.63) is 65.5 Å². The number of benzene rings is 2. The van der Waals surface area contributed by atoms with Crippen LogP contribution < -0.4 is 10.1 Å². The molecule has 132 valence electrons. The first-order chi connectivity index (χ1) is 12.0. The van der Waals surface area contributed by atoms with Crippen molar-refractivity contribution in [3.63, 3.8) is 0 Å². The molecule has 2 atom stereocenters. The molecule has 0 spiro atoms. The number of hydrogen-bond donors (Lipinski definition) is 1. The molecule has 1 aliphatic rings. The Kier molecular flexibility index (Phi) is 5.34. The van der Waals surface area contributed by atoms with Crippen LogP contribution in [0.2, 0.25) is 0 Å². The van der Waals surface area contributed by atoms with Crippen LogP contribution in [-0.2, 0) is 4.79 Å². The van der Waals surface area contributed by atoms with Crippen molar-refractivity contribution < 1.29 is 13.9 Å². The van der Waals surface area contributed by atoms with E-state index in [2.05, 4.69) is 5.32 Å². The maximum Gasteiger partial charge on any atom is 0.263 e. The normalized spacial score (nSPS) is 18.7. The van der Waals surface area contributed by atoms with Gasteiger partial charge in [-0.15, -0.1) is 0 Å². The summed E-state index contributed by atoms with van der Waals surface area (Å²) >= 11 is 0. The first-order valence-electron chi connectivity index (χ1n) is 8.54. The standard InChI is InChI=1S/C20H23FN2O2/c1-14-6-8-18(9-7-14)25-15(2)20(24)23-11-10-22-13-19(23)16-4-3-5-17(21)12-16/h3-9,12,15,19,22H,10-11,13H2,1-2H3. The third-order valence-corrected chi connectivity index (χ3v) is 4.44. The summed E-state index contributed by atoms with van der Waals surface area (Å²) in [5.74, 6) is 0.291. The second-order valence-corrected chi connectivity index (χ2v) is 6.38.